The Balaban J connectivity index is 1.35. The van der Waals surface area contributed by atoms with Crippen LogP contribution in [0, 0.1) is 5.92 Å². The number of halogens is 2. The van der Waals surface area contributed by atoms with E-state index in [2.05, 4.69) is 15.0 Å². The molecule has 0 bridgehead atoms. The third kappa shape index (κ3) is 3.63. The number of alkyl halides is 2. The molecule has 5 heterocycles. The van der Waals surface area contributed by atoms with E-state index in [0.717, 1.165) is 16.9 Å². The topological polar surface area (TPSA) is 94.3 Å². The number of anilines is 1. The van der Waals surface area contributed by atoms with Crippen molar-refractivity contribution >= 4 is 23.5 Å². The molecule has 0 saturated carbocycles. The number of fused-ring (bicyclic) bond motifs is 3. The van der Waals surface area contributed by atoms with Crippen molar-refractivity contribution in [2.45, 2.75) is 38.0 Å². The average Bonchev–Trinajstić information content (AvgIpc) is 2.87. The van der Waals surface area contributed by atoms with Crippen molar-refractivity contribution in [2.24, 2.45) is 5.92 Å². The van der Waals surface area contributed by atoms with E-state index in [1.165, 1.54) is 4.90 Å². The van der Waals surface area contributed by atoms with E-state index in [0.29, 0.717) is 57.6 Å². The van der Waals surface area contributed by atoms with Crippen molar-refractivity contribution in [1.82, 2.24) is 24.4 Å². The minimum atomic E-state index is -2.69. The number of likely N-dealkylation sites (tertiary alicyclic amines) is 1. The number of aromatic nitrogens is 3. The maximum atomic E-state index is 13.7. The summed E-state index contributed by atoms with van der Waals surface area (Å²) in [5, 5.41) is 13.9. The van der Waals surface area contributed by atoms with Crippen molar-refractivity contribution in [1.29, 1.82) is 0 Å². The van der Waals surface area contributed by atoms with Crippen LogP contribution in [0.4, 0.5) is 19.4 Å². The monoisotopic (exact) mass is 448 g/mol. The predicted octanol–water partition coefficient (Wildman–Crippen LogP) is 1.89. The summed E-state index contributed by atoms with van der Waals surface area (Å²) in [7, 11) is 0. The number of hydrogen-bond donors (Lipinski definition) is 1. The lowest BCUT2D eigenvalue weighted by Gasteiger charge is -2.42. The summed E-state index contributed by atoms with van der Waals surface area (Å²) < 4.78 is 29.1. The number of rotatable bonds is 2. The summed E-state index contributed by atoms with van der Waals surface area (Å²) in [6.07, 6.45) is 3.29. The Morgan fingerprint density at radius 1 is 1.00 bits per heavy atom. The third-order valence-corrected chi connectivity index (χ3v) is 6.84. The largest absolute Gasteiger partial charge is 0.465 e. The van der Waals surface area contributed by atoms with Gasteiger partial charge >= 0.3 is 6.09 Å². The van der Waals surface area contributed by atoms with Gasteiger partial charge in [-0.3, -0.25) is 4.79 Å². The minimum Gasteiger partial charge on any atom is -0.465 e. The van der Waals surface area contributed by atoms with Gasteiger partial charge in [0.2, 0.25) is 11.8 Å². The van der Waals surface area contributed by atoms with Gasteiger partial charge in [-0.1, -0.05) is 0 Å². The number of amides is 2. The first kappa shape index (κ1) is 20.9. The molecule has 2 aromatic rings. The second-order valence-corrected chi connectivity index (χ2v) is 8.87. The zero-order valence-electron chi connectivity index (χ0n) is 17.7. The van der Waals surface area contributed by atoms with Crippen LogP contribution in [0.2, 0.25) is 0 Å². The van der Waals surface area contributed by atoms with Gasteiger partial charge in [-0.05, 0) is 19.3 Å². The Morgan fingerprint density at radius 3 is 2.50 bits per heavy atom. The van der Waals surface area contributed by atoms with Crippen molar-refractivity contribution in [3.05, 3.63) is 23.5 Å². The molecule has 32 heavy (non-hydrogen) atoms. The highest BCUT2D eigenvalue weighted by molar-refractivity contribution is 5.83. The van der Waals surface area contributed by atoms with Crippen molar-refractivity contribution < 1.29 is 23.5 Å². The maximum absolute atomic E-state index is 13.7. The summed E-state index contributed by atoms with van der Waals surface area (Å²) in [6, 6.07) is 0. The predicted molar refractivity (Wildman–Crippen MR) is 111 cm³/mol. The Hall–Kier alpha value is -2.98. The summed E-state index contributed by atoms with van der Waals surface area (Å²) in [6.45, 7) is 2.25. The van der Waals surface area contributed by atoms with Crippen LogP contribution in [0.5, 0.6) is 0 Å². The molecule has 2 fully saturated rings. The quantitative estimate of drug-likeness (QED) is 0.754. The molecule has 0 aromatic carbocycles. The lowest BCUT2D eigenvalue weighted by atomic mass is 9.96. The standard InChI is InChI=1S/C21H26F2N6O3/c22-21(23)4-1-8-26(11-5-21)19(30)14-12-28(13-14)18-16-3-10-27(20(31)32)9-2-15(16)17-24-6-7-25-29(17)18/h6-7,14H,1-5,8-13H2,(H,31,32). The van der Waals surface area contributed by atoms with Gasteiger partial charge in [0.05, 0.1) is 12.1 Å². The van der Waals surface area contributed by atoms with Crippen LogP contribution in [0.1, 0.15) is 30.4 Å². The van der Waals surface area contributed by atoms with Crippen molar-refractivity contribution in [3.8, 4) is 0 Å². The van der Waals surface area contributed by atoms with Crippen LogP contribution in [0.3, 0.4) is 0 Å². The molecule has 2 amide bonds. The fourth-order valence-electron chi connectivity index (χ4n) is 5.07. The molecule has 3 aliphatic rings. The average molecular weight is 448 g/mol. The molecule has 2 saturated heterocycles. The molecule has 11 heteroatoms. The van der Waals surface area contributed by atoms with Gasteiger partial charge in [-0.2, -0.15) is 9.61 Å². The first-order chi connectivity index (χ1) is 15.3. The van der Waals surface area contributed by atoms with E-state index in [1.807, 2.05) is 0 Å². The Morgan fingerprint density at radius 2 is 1.75 bits per heavy atom. The second-order valence-electron chi connectivity index (χ2n) is 8.87. The lowest BCUT2D eigenvalue weighted by Crippen LogP contribution is -2.55. The van der Waals surface area contributed by atoms with Gasteiger partial charge in [0.25, 0.3) is 0 Å². The normalized spacial score (nSPS) is 21.6. The fraction of sp³-hybridized carbons (Fsp3) is 0.619. The highest BCUT2D eigenvalue weighted by atomic mass is 19.3. The van der Waals surface area contributed by atoms with Gasteiger partial charge in [-0.25, -0.2) is 18.6 Å². The number of carboxylic acid groups (broad SMARTS) is 1. The Bertz CT molecular complexity index is 1050. The SMILES string of the molecule is O=C(O)N1CCc2c(c3nccnn3c2N2CC(C(=O)N3CCCC(F)(F)CC3)C2)CC1. The Kier molecular flexibility index (Phi) is 5.13. The highest BCUT2D eigenvalue weighted by Crippen LogP contribution is 2.36. The first-order valence-corrected chi connectivity index (χ1v) is 11.1. The molecule has 0 unspecified atom stereocenters. The van der Waals surface area contributed by atoms with Crippen molar-refractivity contribution in [3.63, 3.8) is 0 Å². The highest BCUT2D eigenvalue weighted by Gasteiger charge is 2.41. The number of nitrogens with zero attached hydrogens (tertiary/aromatic N) is 6. The molecule has 5 rings (SSSR count). The molecule has 9 nitrogen and oxygen atoms in total. The van der Waals surface area contributed by atoms with E-state index in [4.69, 9.17) is 0 Å². The number of carbonyl (C=O) groups is 2. The second kappa shape index (κ2) is 7.86. The molecule has 3 aliphatic heterocycles. The number of carbonyl (C=O) groups excluding carboxylic acids is 1. The molecule has 0 radical (unpaired) electrons. The van der Waals surface area contributed by atoms with Crippen LogP contribution in [0.25, 0.3) is 5.65 Å². The molecule has 172 valence electrons. The summed E-state index contributed by atoms with van der Waals surface area (Å²) in [5.74, 6) is -2.12. The molecular formula is C21H26F2N6O3. The van der Waals surface area contributed by atoms with Crippen LogP contribution in [-0.2, 0) is 17.6 Å². The summed E-state index contributed by atoms with van der Waals surface area (Å²) in [4.78, 5) is 33.9. The first-order valence-electron chi connectivity index (χ1n) is 11.1. The van der Waals surface area contributed by atoms with Crippen LogP contribution in [-0.4, -0.2) is 86.7 Å². The molecule has 0 atom stereocenters. The molecule has 0 aliphatic carbocycles. The van der Waals surface area contributed by atoms with E-state index in [-0.39, 0.29) is 31.2 Å². The molecule has 1 N–H and O–H groups in total. The number of hydrogen-bond acceptors (Lipinski definition) is 5. The zero-order chi connectivity index (χ0) is 22.5. The van der Waals surface area contributed by atoms with Crippen LogP contribution >= 0.6 is 0 Å². The van der Waals surface area contributed by atoms with Crippen molar-refractivity contribution in [2.75, 3.05) is 44.2 Å². The van der Waals surface area contributed by atoms with Gasteiger partial charge in [0, 0.05) is 69.4 Å². The fourth-order valence-corrected chi connectivity index (χ4v) is 5.07. The smallest absolute Gasteiger partial charge is 0.407 e. The zero-order valence-corrected chi connectivity index (χ0v) is 17.7. The van der Waals surface area contributed by atoms with Gasteiger partial charge < -0.3 is 19.8 Å². The summed E-state index contributed by atoms with van der Waals surface area (Å²) >= 11 is 0. The van der Waals surface area contributed by atoms with Crippen LogP contribution < -0.4 is 4.90 Å². The van der Waals surface area contributed by atoms with E-state index in [9.17, 15) is 23.5 Å². The van der Waals surface area contributed by atoms with Gasteiger partial charge in [-0.15, -0.1) is 0 Å². The maximum Gasteiger partial charge on any atom is 0.407 e. The molecule has 0 spiro atoms. The molecular weight excluding hydrogens is 422 g/mol. The molecule has 2 aromatic heterocycles. The van der Waals surface area contributed by atoms with E-state index in [1.54, 1.807) is 21.8 Å². The van der Waals surface area contributed by atoms with Crippen LogP contribution in [0.15, 0.2) is 12.4 Å². The van der Waals surface area contributed by atoms with Gasteiger partial charge in [0.15, 0.2) is 5.65 Å². The third-order valence-electron chi connectivity index (χ3n) is 6.84. The summed E-state index contributed by atoms with van der Waals surface area (Å²) in [5.41, 5.74) is 2.75. The van der Waals surface area contributed by atoms with E-state index < -0.39 is 12.0 Å². The minimum absolute atomic E-state index is 0.0611. The lowest BCUT2D eigenvalue weighted by molar-refractivity contribution is -0.136. The van der Waals surface area contributed by atoms with Gasteiger partial charge in [0.1, 0.15) is 5.82 Å². The Labute approximate surface area is 183 Å². The van der Waals surface area contributed by atoms with E-state index >= 15 is 0 Å².